The maximum atomic E-state index is 5.83. The van der Waals surface area contributed by atoms with E-state index in [4.69, 9.17) is 4.74 Å². The van der Waals surface area contributed by atoms with Crippen molar-refractivity contribution in [3.05, 3.63) is 213 Å². The van der Waals surface area contributed by atoms with Gasteiger partial charge in [0.2, 0.25) is 0 Å². The molecule has 0 saturated heterocycles. The third-order valence-corrected chi connectivity index (χ3v) is 16.3. The van der Waals surface area contributed by atoms with Gasteiger partial charge in [0, 0.05) is 30.3 Å². The van der Waals surface area contributed by atoms with E-state index >= 15 is 0 Å². The van der Waals surface area contributed by atoms with Gasteiger partial charge in [-0.05, 0) is 118 Å². The molecular formula is C50H54FeN2P2+2. The van der Waals surface area contributed by atoms with Crippen molar-refractivity contribution < 1.29 is 17.1 Å². The van der Waals surface area contributed by atoms with Crippen LogP contribution in [0, 0.1) is 62.2 Å². The van der Waals surface area contributed by atoms with Gasteiger partial charge in [-0.1, -0.05) is 167 Å². The fourth-order valence-corrected chi connectivity index (χ4v) is 13.2. The van der Waals surface area contributed by atoms with Crippen molar-refractivity contribution in [3.8, 4) is 0 Å². The Morgan fingerprint density at radius 1 is 0.509 bits per heavy atom. The Kier molecular flexibility index (Phi) is 16.2. The van der Waals surface area contributed by atoms with Crippen molar-refractivity contribution in [3.63, 3.8) is 0 Å². The van der Waals surface area contributed by atoms with Crippen molar-refractivity contribution in [2.75, 3.05) is 14.1 Å². The predicted molar refractivity (Wildman–Crippen MR) is 238 cm³/mol. The fraction of sp³-hybridized carbons (Fsp3) is 0.200. The molecule has 0 N–H and O–H groups in total. The smallest absolute Gasteiger partial charge is 0.306 e. The van der Waals surface area contributed by atoms with Crippen LogP contribution in [-0.2, 0) is 17.1 Å². The van der Waals surface area contributed by atoms with Crippen LogP contribution in [0.15, 0.2) is 144 Å². The Labute approximate surface area is 346 Å². The molecule has 0 spiro atoms. The van der Waals surface area contributed by atoms with Gasteiger partial charge in [-0.15, -0.1) is 0 Å². The first-order chi connectivity index (χ1) is 26.2. The minimum absolute atomic E-state index is 0. The summed E-state index contributed by atoms with van der Waals surface area (Å²) in [6.45, 7) is 11.4. The average molecular weight is 801 g/mol. The molecule has 0 heterocycles. The SMILES string of the molecule is CC(C)c1cccc(C(C)C)c1N=P([C]1[CH][CH][CH][CH]1)(c1ccccc1)c1ccccc1.C[C@@H]([C]1[CH][CH][CH][C]1P(c1ccccc1)c1ccccc1)N(C)C.[Fe+2]. The maximum Gasteiger partial charge on any atom is 2.00 e. The summed E-state index contributed by atoms with van der Waals surface area (Å²) in [5.74, 6) is 2.25. The van der Waals surface area contributed by atoms with Crippen LogP contribution in [0.5, 0.6) is 0 Å². The van der Waals surface area contributed by atoms with Crippen molar-refractivity contribution in [2.45, 2.75) is 52.5 Å². The molecule has 5 aromatic rings. The summed E-state index contributed by atoms with van der Waals surface area (Å²) in [7, 11) is 1.55. The first-order valence-corrected chi connectivity index (χ1v) is 22.2. The van der Waals surface area contributed by atoms with Gasteiger partial charge in [-0.3, -0.25) is 4.74 Å². The van der Waals surface area contributed by atoms with Crippen molar-refractivity contribution in [2.24, 2.45) is 4.74 Å². The van der Waals surface area contributed by atoms with Crippen LogP contribution in [0.1, 0.15) is 57.6 Å². The molecule has 55 heavy (non-hydrogen) atoms. The Bertz CT molecular complexity index is 1810. The zero-order valence-corrected chi connectivity index (χ0v) is 36.1. The minimum Gasteiger partial charge on any atom is -0.306 e. The minimum atomic E-state index is -2.24. The average Bonchev–Trinajstić information content (AvgIpc) is 3.92. The Hall–Kier alpha value is -2.76. The fourth-order valence-electron chi connectivity index (χ4n) is 7.11. The molecule has 2 aliphatic carbocycles. The maximum absolute atomic E-state index is 5.83. The number of hydrogen-bond acceptors (Lipinski definition) is 2. The molecular weight excluding hydrogens is 746 g/mol. The standard InChI is InChI=1S/C29H31NP.C21H23NP.Fe/c1-22(2)27-20-13-21-28(23(3)4)29(27)30-31(26-18-11-12-19-26,24-14-7-5-8-15-24)25-16-9-6-10-17-25;1-17(22(2)3)20-15-10-16-21(20)23(18-11-6-4-7-12-18)19-13-8-5-9-14-19;/h5-23H,1-4H3;4-17H,1-3H3;/q;;+2/t;17-;/m.0./s1. The number of nitrogens with zero attached hydrogens (tertiary/aromatic N) is 2. The molecule has 2 fully saturated rings. The molecule has 0 aliphatic heterocycles. The molecule has 2 nitrogen and oxygen atoms in total. The molecule has 0 aromatic heterocycles. The van der Waals surface area contributed by atoms with Crippen molar-refractivity contribution in [1.29, 1.82) is 0 Å². The molecule has 2 aliphatic rings. The van der Waals surface area contributed by atoms with Gasteiger partial charge in [0.15, 0.2) is 0 Å². The first-order valence-electron chi connectivity index (χ1n) is 19.1. The van der Waals surface area contributed by atoms with Crippen LogP contribution >= 0.6 is 15.0 Å². The van der Waals surface area contributed by atoms with Crippen molar-refractivity contribution >= 4 is 41.9 Å². The Morgan fingerprint density at radius 3 is 1.36 bits per heavy atom. The van der Waals surface area contributed by atoms with E-state index in [9.17, 15) is 0 Å². The molecule has 5 aromatic carbocycles. The van der Waals surface area contributed by atoms with E-state index in [-0.39, 0.29) is 17.1 Å². The second kappa shape index (κ2) is 20.6. The van der Waals surface area contributed by atoms with E-state index in [1.165, 1.54) is 55.3 Å². The van der Waals surface area contributed by atoms with Gasteiger partial charge in [-0.2, -0.15) is 0 Å². The van der Waals surface area contributed by atoms with Gasteiger partial charge in [-0.25, -0.2) is 0 Å². The number of benzene rings is 5. The van der Waals surface area contributed by atoms with E-state index in [2.05, 4.69) is 238 Å². The van der Waals surface area contributed by atoms with Crippen LogP contribution in [-0.4, -0.2) is 25.0 Å². The molecule has 10 radical (unpaired) electrons. The van der Waals surface area contributed by atoms with Gasteiger partial charge in [0.05, 0.1) is 5.69 Å². The molecule has 280 valence electrons. The molecule has 0 amide bonds. The van der Waals surface area contributed by atoms with Crippen LogP contribution in [0.3, 0.4) is 0 Å². The molecule has 2 saturated carbocycles. The normalized spacial score (nSPS) is 16.0. The predicted octanol–water partition coefficient (Wildman–Crippen LogP) is 11.6. The van der Waals surface area contributed by atoms with E-state index in [0.29, 0.717) is 17.9 Å². The van der Waals surface area contributed by atoms with Crippen LogP contribution in [0.2, 0.25) is 0 Å². The zero-order chi connectivity index (χ0) is 38.1. The van der Waals surface area contributed by atoms with Crippen LogP contribution in [0.4, 0.5) is 5.69 Å². The third-order valence-electron chi connectivity index (χ3n) is 10.2. The van der Waals surface area contributed by atoms with Crippen LogP contribution in [0.25, 0.3) is 0 Å². The van der Waals surface area contributed by atoms with Crippen LogP contribution < -0.4 is 21.2 Å². The van der Waals surface area contributed by atoms with E-state index in [0.717, 1.165) is 0 Å². The zero-order valence-electron chi connectivity index (χ0n) is 33.2. The van der Waals surface area contributed by atoms with Crippen molar-refractivity contribution in [1.82, 2.24) is 4.90 Å². The largest absolute Gasteiger partial charge is 2.00 e. The summed E-state index contributed by atoms with van der Waals surface area (Å²) in [5, 5.41) is 5.40. The summed E-state index contributed by atoms with van der Waals surface area (Å²) >= 11 is 0. The molecule has 0 unspecified atom stereocenters. The van der Waals surface area contributed by atoms with Gasteiger partial charge < -0.3 is 4.90 Å². The summed E-state index contributed by atoms with van der Waals surface area (Å²) in [5.41, 5.74) is 6.61. The number of rotatable bonds is 11. The number of hydrogen-bond donors (Lipinski definition) is 0. The van der Waals surface area contributed by atoms with E-state index < -0.39 is 15.0 Å². The monoisotopic (exact) mass is 800 g/mol. The van der Waals surface area contributed by atoms with Gasteiger partial charge in [0.1, 0.15) is 0 Å². The second-order valence-electron chi connectivity index (χ2n) is 14.7. The summed E-state index contributed by atoms with van der Waals surface area (Å²) in [6.07, 6.45) is 15.6. The topological polar surface area (TPSA) is 15.6 Å². The molecule has 5 heteroatoms. The molecule has 7 rings (SSSR count). The van der Waals surface area contributed by atoms with E-state index in [1.54, 1.807) is 0 Å². The molecule has 1 atom stereocenters. The summed E-state index contributed by atoms with van der Waals surface area (Å²) in [4.78, 5) is 2.28. The Balaban J connectivity index is 0.000000216. The summed E-state index contributed by atoms with van der Waals surface area (Å²) in [6, 6.07) is 50.7. The van der Waals surface area contributed by atoms with E-state index in [1.807, 2.05) is 0 Å². The first kappa shape index (κ1) is 43.4. The third kappa shape index (κ3) is 10.0. The molecule has 0 bridgehead atoms. The second-order valence-corrected chi connectivity index (χ2v) is 19.9. The quantitative estimate of drug-likeness (QED) is 0.0960. The van der Waals surface area contributed by atoms with Gasteiger partial charge >= 0.3 is 17.1 Å². The van der Waals surface area contributed by atoms with Gasteiger partial charge in [0.25, 0.3) is 0 Å². The summed E-state index contributed by atoms with van der Waals surface area (Å²) < 4.78 is 5.83. The Morgan fingerprint density at radius 2 is 0.945 bits per heavy atom.